The lowest BCUT2D eigenvalue weighted by molar-refractivity contribution is -0.125. The van der Waals surface area contributed by atoms with E-state index in [0.717, 1.165) is 5.69 Å². The molecule has 2 amide bonds. The highest BCUT2D eigenvalue weighted by molar-refractivity contribution is 5.97. The molecule has 1 aromatic carbocycles. The van der Waals surface area contributed by atoms with Crippen molar-refractivity contribution in [1.82, 2.24) is 5.32 Å². The van der Waals surface area contributed by atoms with Gasteiger partial charge in [0.05, 0.1) is 12.6 Å². The Labute approximate surface area is 148 Å². The van der Waals surface area contributed by atoms with Crippen LogP contribution in [0.5, 0.6) is 0 Å². The molecule has 0 aliphatic carbocycles. The van der Waals surface area contributed by atoms with Gasteiger partial charge in [-0.05, 0) is 29.7 Å². The van der Waals surface area contributed by atoms with E-state index in [0.29, 0.717) is 25.4 Å². The Morgan fingerprint density at radius 3 is 2.56 bits per heavy atom. The molecule has 0 saturated carbocycles. The first-order valence-electron chi connectivity index (χ1n) is 8.52. The number of hydrogen-bond acceptors (Lipinski definition) is 5. The first-order chi connectivity index (χ1) is 11.8. The largest absolute Gasteiger partial charge is 0.370 e. The smallest absolute Gasteiger partial charge is 0.253 e. The average Bonchev–Trinajstić information content (AvgIpc) is 2.56. The molecule has 1 heterocycles. The minimum absolute atomic E-state index is 0.0578. The maximum absolute atomic E-state index is 12.4. The molecular formula is C18H28N4O3. The van der Waals surface area contributed by atoms with Gasteiger partial charge in [-0.25, -0.2) is 0 Å². The predicted molar refractivity (Wildman–Crippen MR) is 98.5 cm³/mol. The van der Waals surface area contributed by atoms with Gasteiger partial charge in [-0.15, -0.1) is 0 Å². The lowest BCUT2D eigenvalue weighted by Crippen LogP contribution is -2.48. The molecule has 0 bridgehead atoms. The Hall–Kier alpha value is -1.96. The Bertz CT molecular complexity index is 595. The summed E-state index contributed by atoms with van der Waals surface area (Å²) < 4.78 is 5.13. The summed E-state index contributed by atoms with van der Waals surface area (Å²) in [6.07, 6.45) is 0. The third-order valence-electron chi connectivity index (χ3n) is 3.86. The maximum Gasteiger partial charge on any atom is 0.253 e. The van der Waals surface area contributed by atoms with Crippen LogP contribution >= 0.6 is 0 Å². The number of ether oxygens (including phenoxy) is 1. The Balaban J connectivity index is 1.95. The van der Waals surface area contributed by atoms with E-state index >= 15 is 0 Å². The van der Waals surface area contributed by atoms with Crippen LogP contribution in [0.25, 0.3) is 0 Å². The van der Waals surface area contributed by atoms with Crippen LogP contribution in [0.1, 0.15) is 20.8 Å². The van der Waals surface area contributed by atoms with Gasteiger partial charge in [-0.1, -0.05) is 20.8 Å². The fraction of sp³-hybridized carbons (Fsp3) is 0.556. The van der Waals surface area contributed by atoms with E-state index in [1.807, 2.05) is 12.1 Å². The van der Waals surface area contributed by atoms with Crippen molar-refractivity contribution in [1.29, 1.82) is 0 Å². The van der Waals surface area contributed by atoms with Gasteiger partial charge in [-0.2, -0.15) is 0 Å². The van der Waals surface area contributed by atoms with E-state index in [-0.39, 0.29) is 30.4 Å². The number of nitrogens with zero attached hydrogens (tertiary/aromatic N) is 1. The topological polar surface area (TPSA) is 96.7 Å². The molecule has 1 aliphatic heterocycles. The summed E-state index contributed by atoms with van der Waals surface area (Å²) in [5.74, 6) is -0.223. The lowest BCUT2D eigenvalue weighted by atomic mass is 9.96. The van der Waals surface area contributed by atoms with Gasteiger partial charge < -0.3 is 26.0 Å². The molecule has 0 spiro atoms. The van der Waals surface area contributed by atoms with Gasteiger partial charge in [0.25, 0.3) is 5.91 Å². The van der Waals surface area contributed by atoms with Crippen molar-refractivity contribution in [3.63, 3.8) is 0 Å². The Morgan fingerprint density at radius 1 is 1.32 bits per heavy atom. The van der Waals surface area contributed by atoms with Crippen LogP contribution in [0.15, 0.2) is 24.3 Å². The molecule has 7 heteroatoms. The molecule has 138 valence electrons. The summed E-state index contributed by atoms with van der Waals surface area (Å²) in [5, 5.41) is 6.06. The molecule has 1 atom stereocenters. The van der Waals surface area contributed by atoms with Crippen LogP contribution in [0.3, 0.4) is 0 Å². The molecule has 0 radical (unpaired) electrons. The number of amides is 2. The first-order valence-corrected chi connectivity index (χ1v) is 8.52. The number of carbonyl (C=O) groups is 2. The van der Waals surface area contributed by atoms with E-state index in [1.165, 1.54) is 0 Å². The minimum Gasteiger partial charge on any atom is -0.370 e. The quantitative estimate of drug-likeness (QED) is 0.711. The van der Waals surface area contributed by atoms with E-state index in [1.54, 1.807) is 17.0 Å². The average molecular weight is 348 g/mol. The summed E-state index contributed by atoms with van der Waals surface area (Å²) in [4.78, 5) is 25.9. The summed E-state index contributed by atoms with van der Waals surface area (Å²) in [7, 11) is 0. The monoisotopic (exact) mass is 348 g/mol. The first kappa shape index (κ1) is 19.4. The van der Waals surface area contributed by atoms with E-state index in [4.69, 9.17) is 10.5 Å². The SMILES string of the molecule is CC(C)(C)CN[C@H](CN)C(=O)Nc1ccc(N2CCOCC2=O)cc1. The second-order valence-corrected chi connectivity index (χ2v) is 7.36. The van der Waals surface area contributed by atoms with Gasteiger partial charge in [0.15, 0.2) is 0 Å². The van der Waals surface area contributed by atoms with Crippen molar-refractivity contribution in [2.75, 3.05) is 43.1 Å². The highest BCUT2D eigenvalue weighted by atomic mass is 16.5. The zero-order chi connectivity index (χ0) is 18.4. The number of anilines is 2. The van der Waals surface area contributed by atoms with E-state index in [9.17, 15) is 9.59 Å². The summed E-state index contributed by atoms with van der Waals surface area (Å²) in [6.45, 7) is 8.38. The number of nitrogens with one attached hydrogen (secondary N) is 2. The molecule has 1 aliphatic rings. The number of benzene rings is 1. The zero-order valence-electron chi connectivity index (χ0n) is 15.2. The number of hydrogen-bond donors (Lipinski definition) is 3. The standard InChI is InChI=1S/C18H28N4O3/c1-18(2,3)12-20-15(10-19)17(24)21-13-4-6-14(7-5-13)22-8-9-25-11-16(22)23/h4-7,15,20H,8-12,19H2,1-3H3,(H,21,24)/t15-/m1/s1. The molecule has 1 fully saturated rings. The van der Waals surface area contributed by atoms with Crippen molar-refractivity contribution >= 4 is 23.2 Å². The Morgan fingerprint density at radius 2 is 2.00 bits per heavy atom. The van der Waals surface area contributed by atoms with Gasteiger partial charge >= 0.3 is 0 Å². The normalized spacial score (nSPS) is 16.6. The number of morpholine rings is 1. The van der Waals surface area contributed by atoms with E-state index in [2.05, 4.69) is 31.4 Å². The molecule has 1 saturated heterocycles. The highest BCUT2D eigenvalue weighted by Gasteiger charge is 2.21. The van der Waals surface area contributed by atoms with Crippen molar-refractivity contribution in [3.8, 4) is 0 Å². The predicted octanol–water partition coefficient (Wildman–Crippen LogP) is 0.951. The zero-order valence-corrected chi connectivity index (χ0v) is 15.2. The van der Waals surface area contributed by atoms with Crippen molar-refractivity contribution in [2.45, 2.75) is 26.8 Å². The van der Waals surface area contributed by atoms with Crippen molar-refractivity contribution in [2.24, 2.45) is 11.1 Å². The van der Waals surface area contributed by atoms with Gasteiger partial charge in [-0.3, -0.25) is 9.59 Å². The highest BCUT2D eigenvalue weighted by Crippen LogP contribution is 2.20. The third kappa shape index (κ3) is 5.81. The number of rotatable bonds is 6. The summed E-state index contributed by atoms with van der Waals surface area (Å²) in [5.41, 5.74) is 7.25. The Kier molecular flexibility index (Phi) is 6.52. The second-order valence-electron chi connectivity index (χ2n) is 7.36. The molecule has 1 aromatic rings. The summed E-state index contributed by atoms with van der Waals surface area (Å²) in [6, 6.07) is 6.76. The van der Waals surface area contributed by atoms with Gasteiger partial charge in [0.2, 0.25) is 5.91 Å². The molecule has 0 unspecified atom stereocenters. The van der Waals surface area contributed by atoms with Crippen LogP contribution < -0.4 is 21.3 Å². The number of carbonyl (C=O) groups excluding carboxylic acids is 2. The fourth-order valence-electron chi connectivity index (χ4n) is 2.46. The van der Waals surface area contributed by atoms with Crippen molar-refractivity contribution in [3.05, 3.63) is 24.3 Å². The van der Waals surface area contributed by atoms with Crippen LogP contribution in [0, 0.1) is 5.41 Å². The molecule has 25 heavy (non-hydrogen) atoms. The summed E-state index contributed by atoms with van der Waals surface area (Å²) >= 11 is 0. The number of nitrogens with two attached hydrogens (primary N) is 1. The van der Waals surface area contributed by atoms with Crippen LogP contribution in [0.4, 0.5) is 11.4 Å². The van der Waals surface area contributed by atoms with Crippen molar-refractivity contribution < 1.29 is 14.3 Å². The maximum atomic E-state index is 12.4. The third-order valence-corrected chi connectivity index (χ3v) is 3.86. The van der Waals surface area contributed by atoms with Crippen LogP contribution in [-0.2, 0) is 14.3 Å². The minimum atomic E-state index is -0.445. The molecular weight excluding hydrogens is 320 g/mol. The van der Waals surface area contributed by atoms with E-state index < -0.39 is 6.04 Å². The molecule has 4 N–H and O–H groups in total. The van der Waals surface area contributed by atoms with Gasteiger partial charge in [0.1, 0.15) is 6.61 Å². The lowest BCUT2D eigenvalue weighted by Gasteiger charge is -2.27. The van der Waals surface area contributed by atoms with Crippen LogP contribution in [0.2, 0.25) is 0 Å². The molecule has 7 nitrogen and oxygen atoms in total. The fourth-order valence-corrected chi connectivity index (χ4v) is 2.46. The van der Waals surface area contributed by atoms with Gasteiger partial charge in [0, 0.05) is 31.0 Å². The molecule has 2 rings (SSSR count). The second kappa shape index (κ2) is 8.42. The van der Waals surface area contributed by atoms with Crippen LogP contribution in [-0.4, -0.2) is 50.7 Å². The molecule has 0 aromatic heterocycles.